The SMILES string of the molecule is COc1ncc(-c2cnc(N(C(=O)OC(C)C)C3CCC(Nc4ncc(C#N)c(-c5[nH]ncc5Cl)n4)CC3)cn2)cn1. The monoisotopic (exact) mass is 589 g/mol. The average Bonchev–Trinajstić information content (AvgIpc) is 3.43. The van der Waals surface area contributed by atoms with Gasteiger partial charge in [0.25, 0.3) is 0 Å². The summed E-state index contributed by atoms with van der Waals surface area (Å²) < 4.78 is 10.6. The van der Waals surface area contributed by atoms with Crippen LogP contribution in [-0.4, -0.2) is 71.5 Å². The molecular formula is C27H28ClN11O3. The Morgan fingerprint density at radius 2 is 1.83 bits per heavy atom. The molecule has 4 heterocycles. The molecule has 0 aliphatic heterocycles. The van der Waals surface area contributed by atoms with Crippen LogP contribution in [0.2, 0.25) is 5.02 Å². The lowest BCUT2D eigenvalue weighted by atomic mass is 9.90. The number of aromatic amines is 1. The first kappa shape index (κ1) is 28.6. The number of hydrogen-bond donors (Lipinski definition) is 2. The summed E-state index contributed by atoms with van der Waals surface area (Å²) in [6, 6.07) is 2.23. The van der Waals surface area contributed by atoms with Gasteiger partial charge in [-0.25, -0.2) is 29.7 Å². The topological polar surface area (TPSA) is 181 Å². The Hall–Kier alpha value is -4.90. The summed E-state index contributed by atoms with van der Waals surface area (Å²) in [6.45, 7) is 3.61. The minimum atomic E-state index is -0.479. The number of aromatic nitrogens is 8. The highest BCUT2D eigenvalue weighted by Gasteiger charge is 2.33. The van der Waals surface area contributed by atoms with Gasteiger partial charge < -0.3 is 14.8 Å². The third-order valence-corrected chi connectivity index (χ3v) is 6.95. The first-order valence-electron chi connectivity index (χ1n) is 13.3. The lowest BCUT2D eigenvalue weighted by molar-refractivity contribution is 0.118. The molecule has 14 nitrogen and oxygen atoms in total. The Morgan fingerprint density at radius 3 is 2.43 bits per heavy atom. The van der Waals surface area contributed by atoms with Gasteiger partial charge in [-0.3, -0.25) is 15.0 Å². The molecule has 1 aliphatic rings. The number of carbonyl (C=O) groups excluding carboxylic acids is 1. The van der Waals surface area contributed by atoms with E-state index in [1.807, 2.05) is 0 Å². The van der Waals surface area contributed by atoms with E-state index in [0.717, 1.165) is 12.8 Å². The summed E-state index contributed by atoms with van der Waals surface area (Å²) in [5.41, 5.74) is 2.33. The number of carbonyl (C=O) groups is 1. The number of nitrogens with one attached hydrogen (secondary N) is 2. The normalized spacial score (nSPS) is 16.5. The second-order valence-electron chi connectivity index (χ2n) is 9.83. The van der Waals surface area contributed by atoms with Gasteiger partial charge in [0, 0.05) is 30.0 Å². The van der Waals surface area contributed by atoms with E-state index in [9.17, 15) is 10.1 Å². The lowest BCUT2D eigenvalue weighted by Crippen LogP contribution is -2.45. The number of methoxy groups -OCH3 is 1. The number of rotatable bonds is 8. The summed E-state index contributed by atoms with van der Waals surface area (Å²) in [7, 11) is 1.49. The molecule has 0 bridgehead atoms. The Kier molecular flexibility index (Phi) is 8.68. The van der Waals surface area contributed by atoms with E-state index in [4.69, 9.17) is 21.1 Å². The standard InChI is InChI=1S/C27H28ClN11O3/c1-15(2)42-27(40)39(22-14-30-21(13-31-22)17-10-33-26(41-3)34-11-17)19-6-4-18(5-7-19)36-25-32-9-16(8-29)23(37-25)24-20(28)12-35-38-24/h9-15,18-19H,4-7H2,1-3H3,(H,35,38)(H,32,36,37). The van der Waals surface area contributed by atoms with Crippen molar-refractivity contribution in [2.24, 2.45) is 0 Å². The van der Waals surface area contributed by atoms with Crippen LogP contribution < -0.4 is 15.0 Å². The number of anilines is 2. The van der Waals surface area contributed by atoms with Gasteiger partial charge >= 0.3 is 12.1 Å². The summed E-state index contributed by atoms with van der Waals surface area (Å²) in [5, 5.41) is 19.9. The van der Waals surface area contributed by atoms with Gasteiger partial charge in [0.1, 0.15) is 17.5 Å². The maximum absolute atomic E-state index is 13.2. The summed E-state index contributed by atoms with van der Waals surface area (Å²) in [5.74, 6) is 0.768. The number of hydrogen-bond acceptors (Lipinski definition) is 12. The fourth-order valence-electron chi connectivity index (χ4n) is 4.66. The molecule has 15 heteroatoms. The van der Waals surface area contributed by atoms with Crippen LogP contribution in [0.15, 0.2) is 37.2 Å². The van der Waals surface area contributed by atoms with Crippen LogP contribution in [0.4, 0.5) is 16.6 Å². The molecule has 1 fully saturated rings. The molecule has 4 aromatic rings. The Balaban J connectivity index is 1.29. The van der Waals surface area contributed by atoms with Crippen molar-refractivity contribution in [3.63, 3.8) is 0 Å². The van der Waals surface area contributed by atoms with Gasteiger partial charge in [-0.15, -0.1) is 0 Å². The fraction of sp³-hybridized carbons (Fsp3) is 0.370. The molecule has 1 aliphatic carbocycles. The minimum Gasteiger partial charge on any atom is -0.467 e. The van der Waals surface area contributed by atoms with Crippen LogP contribution in [0, 0.1) is 11.3 Å². The second kappa shape index (κ2) is 12.7. The quantitative estimate of drug-likeness (QED) is 0.295. The van der Waals surface area contributed by atoms with Crippen molar-refractivity contribution in [1.82, 2.24) is 40.1 Å². The van der Waals surface area contributed by atoms with Crippen molar-refractivity contribution in [2.45, 2.75) is 57.7 Å². The molecule has 0 saturated heterocycles. The van der Waals surface area contributed by atoms with E-state index in [1.165, 1.54) is 19.5 Å². The molecule has 216 valence electrons. The summed E-state index contributed by atoms with van der Waals surface area (Å²) in [6.07, 6.45) is 11.3. The predicted octanol–water partition coefficient (Wildman–Crippen LogP) is 4.42. The molecule has 1 saturated carbocycles. The third kappa shape index (κ3) is 6.36. The molecule has 0 aromatic carbocycles. The van der Waals surface area contributed by atoms with Gasteiger partial charge in [-0.05, 0) is 39.5 Å². The Morgan fingerprint density at radius 1 is 1.07 bits per heavy atom. The highest BCUT2D eigenvalue weighted by molar-refractivity contribution is 6.32. The number of nitriles is 1. The fourth-order valence-corrected chi connectivity index (χ4v) is 4.84. The number of H-pyrrole nitrogens is 1. The molecule has 0 radical (unpaired) electrons. The maximum Gasteiger partial charge on any atom is 0.416 e. The van der Waals surface area contributed by atoms with Gasteiger partial charge in [-0.2, -0.15) is 10.4 Å². The molecular weight excluding hydrogens is 562 g/mol. The van der Waals surface area contributed by atoms with Crippen LogP contribution in [0.1, 0.15) is 45.1 Å². The van der Waals surface area contributed by atoms with E-state index in [0.29, 0.717) is 52.3 Å². The van der Waals surface area contributed by atoms with Crippen LogP contribution in [0.3, 0.4) is 0 Å². The molecule has 0 spiro atoms. The highest BCUT2D eigenvalue weighted by atomic mass is 35.5. The predicted molar refractivity (Wildman–Crippen MR) is 153 cm³/mol. The summed E-state index contributed by atoms with van der Waals surface area (Å²) >= 11 is 6.21. The van der Waals surface area contributed by atoms with Crippen molar-refractivity contribution in [3.05, 3.63) is 47.8 Å². The Labute approximate surface area is 246 Å². The van der Waals surface area contributed by atoms with E-state index in [-0.39, 0.29) is 29.8 Å². The third-order valence-electron chi connectivity index (χ3n) is 6.66. The second-order valence-corrected chi connectivity index (χ2v) is 10.2. The van der Waals surface area contributed by atoms with E-state index < -0.39 is 6.09 Å². The van der Waals surface area contributed by atoms with Gasteiger partial charge in [0.05, 0.1) is 54.3 Å². The van der Waals surface area contributed by atoms with Crippen molar-refractivity contribution in [2.75, 3.05) is 17.3 Å². The minimum absolute atomic E-state index is 0.0470. The number of ether oxygens (including phenoxy) is 2. The largest absolute Gasteiger partial charge is 0.467 e. The van der Waals surface area contributed by atoms with E-state index in [1.54, 1.807) is 43.5 Å². The van der Waals surface area contributed by atoms with Crippen molar-refractivity contribution < 1.29 is 14.3 Å². The molecule has 1 amide bonds. The first-order valence-corrected chi connectivity index (χ1v) is 13.6. The van der Waals surface area contributed by atoms with Crippen LogP contribution in [0.5, 0.6) is 6.01 Å². The van der Waals surface area contributed by atoms with Gasteiger partial charge in [0.15, 0.2) is 5.82 Å². The van der Waals surface area contributed by atoms with Crippen LogP contribution in [-0.2, 0) is 4.74 Å². The molecule has 5 rings (SSSR count). The van der Waals surface area contributed by atoms with E-state index in [2.05, 4.69) is 51.5 Å². The van der Waals surface area contributed by atoms with Gasteiger partial charge in [-0.1, -0.05) is 11.6 Å². The summed E-state index contributed by atoms with van der Waals surface area (Å²) in [4.78, 5) is 40.9. The first-order chi connectivity index (χ1) is 20.4. The van der Waals surface area contributed by atoms with Crippen LogP contribution >= 0.6 is 11.6 Å². The zero-order valence-corrected chi connectivity index (χ0v) is 23.9. The van der Waals surface area contributed by atoms with Crippen molar-refractivity contribution in [3.8, 4) is 34.7 Å². The number of nitrogens with zero attached hydrogens (tertiary/aromatic N) is 9. The smallest absolute Gasteiger partial charge is 0.416 e. The number of amides is 1. The molecule has 0 unspecified atom stereocenters. The lowest BCUT2D eigenvalue weighted by Gasteiger charge is -2.36. The number of halogens is 1. The molecule has 4 aromatic heterocycles. The average molecular weight is 590 g/mol. The van der Waals surface area contributed by atoms with Crippen molar-refractivity contribution >= 4 is 29.5 Å². The van der Waals surface area contributed by atoms with Crippen molar-refractivity contribution in [1.29, 1.82) is 5.26 Å². The van der Waals surface area contributed by atoms with Crippen LogP contribution in [0.25, 0.3) is 22.6 Å². The molecule has 42 heavy (non-hydrogen) atoms. The zero-order valence-electron chi connectivity index (χ0n) is 23.2. The Bertz CT molecular complexity index is 1560. The molecule has 0 atom stereocenters. The van der Waals surface area contributed by atoms with Gasteiger partial charge in [0.2, 0.25) is 5.95 Å². The molecule has 2 N–H and O–H groups in total. The maximum atomic E-state index is 13.2. The zero-order chi connectivity index (χ0) is 29.6. The van der Waals surface area contributed by atoms with E-state index >= 15 is 0 Å². The highest BCUT2D eigenvalue weighted by Crippen LogP contribution is 2.31.